The van der Waals surface area contributed by atoms with Gasteiger partial charge in [0.1, 0.15) is 5.82 Å². The quantitative estimate of drug-likeness (QED) is 0.476. The molecule has 0 heterocycles. The van der Waals surface area contributed by atoms with Crippen molar-refractivity contribution in [3.05, 3.63) is 28.5 Å². The fraction of sp³-hybridized carbons (Fsp3) is 0.647. The van der Waals surface area contributed by atoms with Crippen molar-refractivity contribution >= 4 is 21.6 Å². The van der Waals surface area contributed by atoms with E-state index in [0.29, 0.717) is 6.04 Å². The molecular formula is C17H27BrFN. The maximum atomic E-state index is 13.1. The molecular weight excluding hydrogens is 317 g/mol. The van der Waals surface area contributed by atoms with Gasteiger partial charge in [-0.25, -0.2) is 4.39 Å². The van der Waals surface area contributed by atoms with Crippen LogP contribution in [0.15, 0.2) is 22.7 Å². The third-order valence-electron chi connectivity index (χ3n) is 3.60. The van der Waals surface area contributed by atoms with E-state index in [1.54, 1.807) is 0 Å². The summed E-state index contributed by atoms with van der Waals surface area (Å²) in [5.41, 5.74) is 1.00. The van der Waals surface area contributed by atoms with Gasteiger partial charge in [0.15, 0.2) is 0 Å². The van der Waals surface area contributed by atoms with Crippen LogP contribution >= 0.6 is 15.9 Å². The number of hydrogen-bond donors (Lipinski definition) is 1. The van der Waals surface area contributed by atoms with E-state index in [9.17, 15) is 4.39 Å². The average Bonchev–Trinajstić information content (AvgIpc) is 2.42. The lowest BCUT2D eigenvalue weighted by Gasteiger charge is -2.21. The summed E-state index contributed by atoms with van der Waals surface area (Å²) in [6.07, 6.45) is 10.00. The van der Waals surface area contributed by atoms with Crippen LogP contribution in [0.4, 0.5) is 10.1 Å². The lowest BCUT2D eigenvalue weighted by molar-refractivity contribution is 0.526. The first-order chi connectivity index (χ1) is 9.67. The minimum atomic E-state index is -0.198. The van der Waals surface area contributed by atoms with E-state index in [1.807, 2.05) is 6.07 Å². The van der Waals surface area contributed by atoms with Crippen LogP contribution in [0.3, 0.4) is 0 Å². The molecule has 1 nitrogen and oxygen atoms in total. The van der Waals surface area contributed by atoms with Crippen molar-refractivity contribution in [1.29, 1.82) is 0 Å². The van der Waals surface area contributed by atoms with E-state index in [-0.39, 0.29) is 5.82 Å². The summed E-state index contributed by atoms with van der Waals surface area (Å²) in [6, 6.07) is 5.36. The first-order valence-corrected chi connectivity index (χ1v) is 8.68. The molecule has 0 spiro atoms. The molecule has 0 atom stereocenters. The second-order valence-electron chi connectivity index (χ2n) is 5.46. The van der Waals surface area contributed by atoms with Gasteiger partial charge >= 0.3 is 0 Å². The summed E-state index contributed by atoms with van der Waals surface area (Å²) in [6.45, 7) is 4.46. The predicted octanol–water partition coefficient (Wildman–Crippen LogP) is 6.53. The third-order valence-corrected chi connectivity index (χ3v) is 4.26. The molecule has 0 unspecified atom stereocenters. The lowest BCUT2D eigenvalue weighted by Crippen LogP contribution is -2.19. The molecule has 114 valence electrons. The van der Waals surface area contributed by atoms with Gasteiger partial charge in [-0.2, -0.15) is 0 Å². The van der Waals surface area contributed by atoms with Crippen LogP contribution in [0.5, 0.6) is 0 Å². The Labute approximate surface area is 131 Å². The Hall–Kier alpha value is -0.570. The number of halogens is 2. The predicted molar refractivity (Wildman–Crippen MR) is 89.8 cm³/mol. The van der Waals surface area contributed by atoms with Crippen molar-refractivity contribution in [1.82, 2.24) is 0 Å². The Morgan fingerprint density at radius 3 is 2.15 bits per heavy atom. The smallest absolute Gasteiger partial charge is 0.124 e. The van der Waals surface area contributed by atoms with Crippen LogP contribution in [0, 0.1) is 5.82 Å². The fourth-order valence-corrected chi connectivity index (χ4v) is 2.86. The molecule has 20 heavy (non-hydrogen) atoms. The standard InChI is InChI=1S/C17H27BrFN/c1-3-5-7-9-15(10-8-6-4-2)20-17-12-11-14(19)13-16(17)18/h11-13,15,20H,3-10H2,1-2H3. The Kier molecular flexibility index (Phi) is 8.92. The minimum absolute atomic E-state index is 0.198. The van der Waals surface area contributed by atoms with Crippen molar-refractivity contribution in [2.24, 2.45) is 0 Å². The summed E-state index contributed by atoms with van der Waals surface area (Å²) in [5, 5.41) is 3.58. The molecule has 1 aromatic carbocycles. The van der Waals surface area contributed by atoms with Crippen LogP contribution in [0.2, 0.25) is 0 Å². The largest absolute Gasteiger partial charge is 0.381 e. The highest BCUT2D eigenvalue weighted by Crippen LogP contribution is 2.25. The van der Waals surface area contributed by atoms with Gasteiger partial charge in [-0.05, 0) is 47.0 Å². The second kappa shape index (κ2) is 10.2. The maximum Gasteiger partial charge on any atom is 0.124 e. The number of hydrogen-bond acceptors (Lipinski definition) is 1. The van der Waals surface area contributed by atoms with Gasteiger partial charge in [-0.3, -0.25) is 0 Å². The fourth-order valence-electron chi connectivity index (χ4n) is 2.40. The zero-order chi connectivity index (χ0) is 14.8. The molecule has 0 aliphatic rings. The molecule has 0 saturated carbocycles. The number of rotatable bonds is 10. The van der Waals surface area contributed by atoms with E-state index in [1.165, 1.54) is 63.5 Å². The first kappa shape index (κ1) is 17.5. The topological polar surface area (TPSA) is 12.0 Å². The van der Waals surface area contributed by atoms with E-state index in [0.717, 1.165) is 10.2 Å². The molecule has 0 aliphatic carbocycles. The molecule has 1 aromatic rings. The molecule has 1 N–H and O–H groups in total. The third kappa shape index (κ3) is 6.74. The molecule has 0 aliphatic heterocycles. The molecule has 0 bridgehead atoms. The highest BCUT2D eigenvalue weighted by molar-refractivity contribution is 9.10. The summed E-state index contributed by atoms with van der Waals surface area (Å²) in [7, 11) is 0. The van der Waals surface area contributed by atoms with Crippen LogP contribution in [-0.2, 0) is 0 Å². The normalized spacial score (nSPS) is 11.1. The van der Waals surface area contributed by atoms with E-state index >= 15 is 0 Å². The molecule has 0 fully saturated rings. The number of anilines is 1. The van der Waals surface area contributed by atoms with Gasteiger partial charge in [0.05, 0.1) is 0 Å². The maximum absolute atomic E-state index is 13.1. The van der Waals surface area contributed by atoms with Crippen molar-refractivity contribution in [2.45, 2.75) is 71.3 Å². The van der Waals surface area contributed by atoms with E-state index in [2.05, 4.69) is 35.1 Å². The van der Waals surface area contributed by atoms with Crippen LogP contribution < -0.4 is 5.32 Å². The molecule has 1 rings (SSSR count). The summed E-state index contributed by atoms with van der Waals surface area (Å²) in [4.78, 5) is 0. The minimum Gasteiger partial charge on any atom is -0.381 e. The molecule has 3 heteroatoms. The molecule has 0 saturated heterocycles. The Balaban J connectivity index is 2.56. The van der Waals surface area contributed by atoms with E-state index in [4.69, 9.17) is 0 Å². The molecule has 0 aromatic heterocycles. The van der Waals surface area contributed by atoms with Crippen LogP contribution in [0.1, 0.15) is 65.2 Å². The van der Waals surface area contributed by atoms with Gasteiger partial charge in [-0.15, -0.1) is 0 Å². The SMILES string of the molecule is CCCCCC(CCCCC)Nc1ccc(F)cc1Br. The van der Waals surface area contributed by atoms with Gasteiger partial charge < -0.3 is 5.32 Å². The Morgan fingerprint density at radius 1 is 1.05 bits per heavy atom. The van der Waals surface area contributed by atoms with Gasteiger partial charge in [-0.1, -0.05) is 52.4 Å². The van der Waals surface area contributed by atoms with E-state index < -0.39 is 0 Å². The van der Waals surface area contributed by atoms with Crippen LogP contribution in [0.25, 0.3) is 0 Å². The van der Waals surface area contributed by atoms with Gasteiger partial charge in [0.25, 0.3) is 0 Å². The van der Waals surface area contributed by atoms with Gasteiger partial charge in [0, 0.05) is 16.2 Å². The molecule has 0 amide bonds. The Morgan fingerprint density at radius 2 is 1.65 bits per heavy atom. The average molecular weight is 344 g/mol. The highest BCUT2D eigenvalue weighted by Gasteiger charge is 2.10. The Bertz CT molecular complexity index is 371. The number of unbranched alkanes of at least 4 members (excludes halogenated alkanes) is 4. The van der Waals surface area contributed by atoms with Crippen molar-refractivity contribution < 1.29 is 4.39 Å². The van der Waals surface area contributed by atoms with Crippen molar-refractivity contribution in [2.75, 3.05) is 5.32 Å². The zero-order valence-electron chi connectivity index (χ0n) is 12.7. The zero-order valence-corrected chi connectivity index (χ0v) is 14.3. The highest BCUT2D eigenvalue weighted by atomic mass is 79.9. The second-order valence-corrected chi connectivity index (χ2v) is 6.31. The van der Waals surface area contributed by atoms with Crippen LogP contribution in [-0.4, -0.2) is 6.04 Å². The van der Waals surface area contributed by atoms with Crippen molar-refractivity contribution in [3.63, 3.8) is 0 Å². The summed E-state index contributed by atoms with van der Waals surface area (Å²) >= 11 is 3.44. The monoisotopic (exact) mass is 343 g/mol. The summed E-state index contributed by atoms with van der Waals surface area (Å²) < 4.78 is 13.9. The van der Waals surface area contributed by atoms with Gasteiger partial charge in [0.2, 0.25) is 0 Å². The number of benzene rings is 1. The van der Waals surface area contributed by atoms with Crippen molar-refractivity contribution in [3.8, 4) is 0 Å². The first-order valence-electron chi connectivity index (χ1n) is 7.89. The number of nitrogens with one attached hydrogen (secondary N) is 1. The summed E-state index contributed by atoms with van der Waals surface area (Å²) in [5.74, 6) is -0.198. The molecule has 0 radical (unpaired) electrons. The lowest BCUT2D eigenvalue weighted by atomic mass is 10.0.